The summed E-state index contributed by atoms with van der Waals surface area (Å²) < 4.78 is 5.89. The maximum Gasteiger partial charge on any atom is 0.307 e. The van der Waals surface area contributed by atoms with Crippen molar-refractivity contribution < 1.29 is 24.2 Å². The molecule has 1 heterocycles. The van der Waals surface area contributed by atoms with E-state index >= 15 is 0 Å². The van der Waals surface area contributed by atoms with Gasteiger partial charge in [-0.3, -0.25) is 14.4 Å². The molecular weight excluding hydrogens is 370 g/mol. The van der Waals surface area contributed by atoms with Crippen LogP contribution in [0.1, 0.15) is 31.8 Å². The summed E-state index contributed by atoms with van der Waals surface area (Å²) in [6, 6.07) is 20.7. The second-order valence-corrected chi connectivity index (χ2v) is 6.63. The molecule has 0 atom stereocenters. The number of hydrogen-bond donors (Lipinski definition) is 1. The molecule has 0 saturated carbocycles. The van der Waals surface area contributed by atoms with Crippen LogP contribution in [-0.4, -0.2) is 22.9 Å². The van der Waals surface area contributed by atoms with E-state index in [-0.39, 0.29) is 24.8 Å². The maximum absolute atomic E-state index is 12.8. The van der Waals surface area contributed by atoms with E-state index in [1.165, 1.54) is 0 Å². The maximum atomic E-state index is 12.8. The zero-order valence-electron chi connectivity index (χ0n) is 15.4. The number of rotatable bonds is 6. The molecule has 0 aliphatic carbocycles. The monoisotopic (exact) mass is 387 g/mol. The second kappa shape index (κ2) is 7.59. The summed E-state index contributed by atoms with van der Waals surface area (Å²) in [6.07, 6.45) is -0.0380. The van der Waals surface area contributed by atoms with Gasteiger partial charge in [0, 0.05) is 0 Å². The fraction of sp³-hybridized carbons (Fsp3) is 0.0870. The summed E-state index contributed by atoms with van der Waals surface area (Å²) in [6.45, 7) is 0.216. The fourth-order valence-electron chi connectivity index (χ4n) is 3.26. The van der Waals surface area contributed by atoms with Crippen LogP contribution >= 0.6 is 0 Å². The van der Waals surface area contributed by atoms with Crippen LogP contribution in [0.15, 0.2) is 72.8 Å². The van der Waals surface area contributed by atoms with E-state index in [2.05, 4.69) is 0 Å². The van der Waals surface area contributed by atoms with Crippen molar-refractivity contribution in [3.05, 3.63) is 95.1 Å². The number of hydrogen-bond acceptors (Lipinski definition) is 4. The number of benzene rings is 3. The first-order chi connectivity index (χ1) is 14.0. The Bertz CT molecular complexity index is 1070. The van der Waals surface area contributed by atoms with Gasteiger partial charge in [-0.05, 0) is 35.4 Å². The summed E-state index contributed by atoms with van der Waals surface area (Å²) in [7, 11) is 0. The molecule has 0 bridgehead atoms. The molecule has 0 radical (unpaired) electrons. The summed E-state index contributed by atoms with van der Waals surface area (Å²) in [5, 5.41) is 8.85. The highest BCUT2D eigenvalue weighted by molar-refractivity contribution is 6.34. The largest absolute Gasteiger partial charge is 0.487 e. The van der Waals surface area contributed by atoms with Gasteiger partial charge in [0.15, 0.2) is 0 Å². The Balaban J connectivity index is 1.55. The van der Waals surface area contributed by atoms with Crippen molar-refractivity contribution in [3.8, 4) is 5.75 Å². The lowest BCUT2D eigenvalue weighted by atomic mass is 10.1. The number of carboxylic acids is 1. The summed E-state index contributed by atoms with van der Waals surface area (Å²) in [5.41, 5.74) is 2.69. The molecule has 29 heavy (non-hydrogen) atoms. The van der Waals surface area contributed by atoms with E-state index in [0.29, 0.717) is 28.1 Å². The Kier molecular flexibility index (Phi) is 4.83. The molecule has 0 fully saturated rings. The van der Waals surface area contributed by atoms with Crippen LogP contribution in [0, 0.1) is 0 Å². The molecule has 144 valence electrons. The number of amides is 2. The standard InChI is InChI=1S/C23H17NO5/c25-21(26)13-15-9-11-16(12-10-15)14-29-20-8-4-3-7-19(20)24-22(27)17-5-1-2-6-18(17)23(24)28/h1-12H,13-14H2,(H,25,26). The normalized spacial score (nSPS) is 12.8. The molecule has 2 amide bonds. The molecule has 6 heteroatoms. The minimum atomic E-state index is -0.885. The minimum Gasteiger partial charge on any atom is -0.487 e. The van der Waals surface area contributed by atoms with Crippen LogP contribution in [0.3, 0.4) is 0 Å². The van der Waals surface area contributed by atoms with E-state index in [4.69, 9.17) is 9.84 Å². The number of para-hydroxylation sites is 2. The molecule has 6 nitrogen and oxygen atoms in total. The van der Waals surface area contributed by atoms with Crippen LogP contribution in [-0.2, 0) is 17.8 Å². The van der Waals surface area contributed by atoms with Crippen LogP contribution in [0.2, 0.25) is 0 Å². The molecule has 3 aromatic rings. The van der Waals surface area contributed by atoms with Crippen molar-refractivity contribution in [1.29, 1.82) is 0 Å². The van der Waals surface area contributed by atoms with Crippen LogP contribution < -0.4 is 9.64 Å². The van der Waals surface area contributed by atoms with E-state index < -0.39 is 5.97 Å². The molecule has 0 aromatic heterocycles. The van der Waals surface area contributed by atoms with Crippen molar-refractivity contribution in [3.63, 3.8) is 0 Å². The van der Waals surface area contributed by atoms with E-state index in [1.807, 2.05) is 0 Å². The van der Waals surface area contributed by atoms with Crippen LogP contribution in [0.4, 0.5) is 5.69 Å². The van der Waals surface area contributed by atoms with Crippen molar-refractivity contribution in [2.24, 2.45) is 0 Å². The first kappa shape index (κ1) is 18.4. The summed E-state index contributed by atoms with van der Waals surface area (Å²) >= 11 is 0. The Morgan fingerprint density at radius 2 is 1.34 bits per heavy atom. The highest BCUT2D eigenvalue weighted by atomic mass is 16.5. The van der Waals surface area contributed by atoms with Gasteiger partial charge in [-0.2, -0.15) is 0 Å². The van der Waals surface area contributed by atoms with Gasteiger partial charge in [0.1, 0.15) is 12.4 Å². The van der Waals surface area contributed by atoms with Gasteiger partial charge in [0.25, 0.3) is 11.8 Å². The lowest BCUT2D eigenvalue weighted by Gasteiger charge is -2.18. The average Bonchev–Trinajstić information content (AvgIpc) is 2.98. The summed E-state index contributed by atoms with van der Waals surface area (Å²) in [4.78, 5) is 37.4. The number of ether oxygens (including phenoxy) is 1. The summed E-state index contributed by atoms with van der Waals surface area (Å²) in [5.74, 6) is -1.22. The predicted molar refractivity (Wildman–Crippen MR) is 106 cm³/mol. The van der Waals surface area contributed by atoms with Gasteiger partial charge in [-0.25, -0.2) is 4.90 Å². The lowest BCUT2D eigenvalue weighted by Crippen LogP contribution is -2.29. The molecular formula is C23H17NO5. The molecule has 0 spiro atoms. The number of aliphatic carboxylic acids is 1. The van der Waals surface area contributed by atoms with Gasteiger partial charge in [-0.15, -0.1) is 0 Å². The zero-order valence-corrected chi connectivity index (χ0v) is 15.4. The van der Waals surface area contributed by atoms with Gasteiger partial charge < -0.3 is 9.84 Å². The Morgan fingerprint density at radius 1 is 0.793 bits per heavy atom. The number of anilines is 1. The highest BCUT2D eigenvalue weighted by Gasteiger charge is 2.37. The number of imide groups is 1. The van der Waals surface area contributed by atoms with E-state index in [9.17, 15) is 14.4 Å². The number of carboxylic acid groups (broad SMARTS) is 1. The first-order valence-electron chi connectivity index (χ1n) is 9.04. The lowest BCUT2D eigenvalue weighted by molar-refractivity contribution is -0.136. The SMILES string of the molecule is O=C(O)Cc1ccc(COc2ccccc2N2C(=O)c3ccccc3C2=O)cc1. The van der Waals surface area contributed by atoms with Crippen LogP contribution in [0.25, 0.3) is 0 Å². The van der Waals surface area contributed by atoms with Crippen molar-refractivity contribution in [1.82, 2.24) is 0 Å². The molecule has 1 aliphatic heterocycles. The number of carbonyl (C=O) groups is 3. The van der Waals surface area contributed by atoms with Gasteiger partial charge in [-0.1, -0.05) is 48.5 Å². The van der Waals surface area contributed by atoms with Gasteiger partial charge in [0.05, 0.1) is 23.2 Å². The molecule has 0 unspecified atom stereocenters. The topological polar surface area (TPSA) is 83.9 Å². The Hall–Kier alpha value is -3.93. The number of fused-ring (bicyclic) bond motifs is 1. The number of nitrogens with zero attached hydrogens (tertiary/aromatic N) is 1. The second-order valence-electron chi connectivity index (χ2n) is 6.63. The molecule has 1 aliphatic rings. The van der Waals surface area contributed by atoms with Gasteiger partial charge >= 0.3 is 5.97 Å². The Labute approximate surface area is 167 Å². The zero-order chi connectivity index (χ0) is 20.4. The smallest absolute Gasteiger partial charge is 0.307 e. The Morgan fingerprint density at radius 3 is 1.97 bits per heavy atom. The van der Waals surface area contributed by atoms with E-state index in [1.54, 1.807) is 72.8 Å². The van der Waals surface area contributed by atoms with Crippen LogP contribution in [0.5, 0.6) is 5.75 Å². The van der Waals surface area contributed by atoms with Crippen molar-refractivity contribution in [2.75, 3.05) is 4.90 Å². The van der Waals surface area contributed by atoms with Crippen molar-refractivity contribution >= 4 is 23.5 Å². The fourth-order valence-corrected chi connectivity index (χ4v) is 3.26. The molecule has 4 rings (SSSR count). The quantitative estimate of drug-likeness (QED) is 0.652. The van der Waals surface area contributed by atoms with Gasteiger partial charge in [0.2, 0.25) is 0 Å². The third-order valence-corrected chi connectivity index (χ3v) is 4.67. The average molecular weight is 387 g/mol. The molecule has 1 N–H and O–H groups in total. The molecule has 3 aromatic carbocycles. The molecule has 0 saturated heterocycles. The minimum absolute atomic E-state index is 0.0380. The highest BCUT2D eigenvalue weighted by Crippen LogP contribution is 2.35. The predicted octanol–water partition coefficient (Wildman–Crippen LogP) is 3.69. The first-order valence-corrected chi connectivity index (χ1v) is 9.04. The number of carbonyl (C=O) groups excluding carboxylic acids is 2. The third-order valence-electron chi connectivity index (χ3n) is 4.67. The third kappa shape index (κ3) is 3.60. The van der Waals surface area contributed by atoms with E-state index in [0.717, 1.165) is 10.5 Å². The van der Waals surface area contributed by atoms with Crippen molar-refractivity contribution in [2.45, 2.75) is 13.0 Å².